The average Bonchev–Trinajstić information content (AvgIpc) is 3.25. The van der Waals surface area contributed by atoms with Gasteiger partial charge < -0.3 is 30.6 Å². The van der Waals surface area contributed by atoms with Crippen LogP contribution in [-0.4, -0.2) is 50.5 Å². The molecule has 2 atom stereocenters. The van der Waals surface area contributed by atoms with E-state index in [1.165, 1.54) is 0 Å². The van der Waals surface area contributed by atoms with Gasteiger partial charge in [0, 0.05) is 24.0 Å². The third-order valence-corrected chi connectivity index (χ3v) is 5.10. The summed E-state index contributed by atoms with van der Waals surface area (Å²) in [5.74, 6) is 0.858. The van der Waals surface area contributed by atoms with E-state index in [4.69, 9.17) is 4.74 Å². The molecule has 0 aliphatic carbocycles. The summed E-state index contributed by atoms with van der Waals surface area (Å²) in [6, 6.07) is 10.1. The van der Waals surface area contributed by atoms with Crippen molar-refractivity contribution in [2.75, 3.05) is 18.5 Å². The van der Waals surface area contributed by atoms with E-state index in [-0.39, 0.29) is 31.1 Å². The van der Waals surface area contributed by atoms with Crippen molar-refractivity contribution in [3.05, 3.63) is 59.9 Å². The van der Waals surface area contributed by atoms with Gasteiger partial charge in [-0.15, -0.1) is 0 Å². The minimum absolute atomic E-state index is 0.0285. The van der Waals surface area contributed by atoms with E-state index in [1.807, 2.05) is 51.1 Å². The highest BCUT2D eigenvalue weighted by atomic mass is 16.6. The van der Waals surface area contributed by atoms with Crippen LogP contribution in [-0.2, 0) is 0 Å². The van der Waals surface area contributed by atoms with Gasteiger partial charge in [0.2, 0.25) is 11.8 Å². The van der Waals surface area contributed by atoms with Crippen molar-refractivity contribution in [3.63, 3.8) is 0 Å². The summed E-state index contributed by atoms with van der Waals surface area (Å²) in [4.78, 5) is 24.1. The van der Waals surface area contributed by atoms with Gasteiger partial charge in [-0.05, 0) is 24.0 Å². The van der Waals surface area contributed by atoms with E-state index in [9.17, 15) is 15.0 Å². The molecule has 0 saturated carbocycles. The molecule has 2 aromatic heterocycles. The number of aryl methyl sites for hydroxylation is 1. The van der Waals surface area contributed by atoms with Crippen molar-refractivity contribution in [1.29, 1.82) is 0 Å². The van der Waals surface area contributed by atoms with Gasteiger partial charge in [0.05, 0.1) is 31.0 Å². The zero-order chi connectivity index (χ0) is 23.1. The summed E-state index contributed by atoms with van der Waals surface area (Å²) in [7, 11) is 0. The monoisotopic (exact) mass is 439 g/mol. The van der Waals surface area contributed by atoms with Crippen LogP contribution < -0.4 is 15.4 Å². The number of H-pyrrole nitrogens is 1. The topological polar surface area (TPSA) is 132 Å². The predicted molar refractivity (Wildman–Crippen MR) is 121 cm³/mol. The molecule has 1 amide bonds. The lowest BCUT2D eigenvalue weighted by Gasteiger charge is -2.20. The molecule has 3 aromatic rings. The Morgan fingerprint density at radius 1 is 1.19 bits per heavy atom. The third kappa shape index (κ3) is 5.83. The highest BCUT2D eigenvalue weighted by molar-refractivity contribution is 5.72. The van der Waals surface area contributed by atoms with Gasteiger partial charge in [-0.3, -0.25) is 0 Å². The van der Waals surface area contributed by atoms with Crippen LogP contribution in [0.15, 0.2) is 48.8 Å². The molecule has 0 saturated heterocycles. The summed E-state index contributed by atoms with van der Waals surface area (Å²) in [5.41, 5.74) is 3.02. The highest BCUT2D eigenvalue weighted by Gasteiger charge is 2.17. The van der Waals surface area contributed by atoms with Gasteiger partial charge in [-0.1, -0.05) is 44.2 Å². The number of hydrogen-bond acceptors (Lipinski definition) is 7. The number of aliphatic hydroxyl groups excluding tert-OH is 2. The molecular weight excluding hydrogens is 410 g/mol. The van der Waals surface area contributed by atoms with Crippen molar-refractivity contribution < 1.29 is 19.7 Å². The zero-order valence-electron chi connectivity index (χ0n) is 18.4. The van der Waals surface area contributed by atoms with Gasteiger partial charge in [-0.2, -0.15) is 0 Å². The van der Waals surface area contributed by atoms with Crippen molar-refractivity contribution in [3.8, 4) is 17.1 Å². The van der Waals surface area contributed by atoms with Crippen molar-refractivity contribution in [1.82, 2.24) is 20.3 Å². The van der Waals surface area contributed by atoms with Crippen molar-refractivity contribution in [2.45, 2.75) is 32.9 Å². The number of carbonyl (C=O) groups excluding carboxylic acids is 1. The average molecular weight is 440 g/mol. The Bertz CT molecular complexity index is 1020. The molecule has 5 N–H and O–H groups in total. The van der Waals surface area contributed by atoms with E-state index in [1.54, 1.807) is 18.5 Å². The molecule has 0 aliphatic heterocycles. The molecule has 9 nitrogen and oxygen atoms in total. The smallest absolute Gasteiger partial charge is 0.394 e. The van der Waals surface area contributed by atoms with E-state index in [2.05, 4.69) is 25.6 Å². The number of nitrogens with one attached hydrogen (secondary N) is 3. The molecule has 0 fully saturated rings. The van der Waals surface area contributed by atoms with Gasteiger partial charge in [0.1, 0.15) is 0 Å². The highest BCUT2D eigenvalue weighted by Crippen LogP contribution is 2.26. The first-order chi connectivity index (χ1) is 15.4. The third-order valence-electron chi connectivity index (χ3n) is 5.10. The Kier molecular flexibility index (Phi) is 7.80. The van der Waals surface area contributed by atoms with E-state index >= 15 is 0 Å². The molecule has 0 aliphatic rings. The number of aromatic amines is 1. The number of nitrogens with zero attached hydrogens (tertiary/aromatic N) is 2. The van der Waals surface area contributed by atoms with E-state index < -0.39 is 12.1 Å². The van der Waals surface area contributed by atoms with Crippen molar-refractivity contribution >= 4 is 12.0 Å². The van der Waals surface area contributed by atoms with Crippen LogP contribution in [0.5, 0.6) is 5.88 Å². The molecule has 170 valence electrons. The SMILES string of the molecule is Cc1cnc(NC(CO)C(C)C)nc1-c1c[nH]c(OC(=O)NC(CO)c2ccccc2)c1. The number of aliphatic hydroxyl groups is 2. The number of benzene rings is 1. The lowest BCUT2D eigenvalue weighted by atomic mass is 10.1. The first kappa shape index (κ1) is 23.2. The Labute approximate surface area is 186 Å². The summed E-state index contributed by atoms with van der Waals surface area (Å²) >= 11 is 0. The number of hydrogen-bond donors (Lipinski definition) is 5. The van der Waals surface area contributed by atoms with Crippen molar-refractivity contribution in [2.24, 2.45) is 5.92 Å². The lowest BCUT2D eigenvalue weighted by Crippen LogP contribution is -2.33. The van der Waals surface area contributed by atoms with E-state index in [0.29, 0.717) is 11.6 Å². The van der Waals surface area contributed by atoms with Crippen LogP contribution in [0.3, 0.4) is 0 Å². The minimum atomic E-state index is -0.689. The summed E-state index contributed by atoms with van der Waals surface area (Å²) in [5, 5.41) is 24.9. The first-order valence-corrected chi connectivity index (χ1v) is 10.4. The summed E-state index contributed by atoms with van der Waals surface area (Å²) in [6.45, 7) is 5.61. The molecule has 1 aromatic carbocycles. The quantitative estimate of drug-likeness (QED) is 0.346. The second kappa shape index (κ2) is 10.7. The predicted octanol–water partition coefficient (Wildman–Crippen LogP) is 3.03. The van der Waals surface area contributed by atoms with E-state index in [0.717, 1.165) is 16.7 Å². The maximum Gasteiger partial charge on any atom is 0.414 e. The second-order valence-corrected chi connectivity index (χ2v) is 7.83. The Morgan fingerprint density at radius 3 is 2.59 bits per heavy atom. The van der Waals surface area contributed by atoms with Gasteiger partial charge >= 0.3 is 6.09 Å². The minimum Gasteiger partial charge on any atom is -0.394 e. The molecular formula is C23H29N5O4. The molecule has 0 radical (unpaired) electrons. The molecule has 0 spiro atoms. The Hall–Kier alpha value is -3.43. The molecule has 2 heterocycles. The number of amides is 1. The van der Waals surface area contributed by atoms with Gasteiger partial charge in [-0.25, -0.2) is 14.8 Å². The van der Waals surface area contributed by atoms with Crippen LogP contribution in [0.2, 0.25) is 0 Å². The molecule has 3 rings (SSSR count). The molecule has 9 heteroatoms. The van der Waals surface area contributed by atoms with Gasteiger partial charge in [0.15, 0.2) is 0 Å². The fourth-order valence-electron chi connectivity index (χ4n) is 3.15. The number of ether oxygens (including phenoxy) is 1. The number of rotatable bonds is 9. The number of aromatic nitrogens is 3. The fraction of sp³-hybridized carbons (Fsp3) is 0.348. The Morgan fingerprint density at radius 2 is 1.94 bits per heavy atom. The molecule has 0 bridgehead atoms. The fourth-order valence-corrected chi connectivity index (χ4v) is 3.15. The Balaban J connectivity index is 1.70. The lowest BCUT2D eigenvalue weighted by molar-refractivity contribution is 0.182. The van der Waals surface area contributed by atoms with Crippen LogP contribution in [0.25, 0.3) is 11.3 Å². The largest absolute Gasteiger partial charge is 0.414 e. The summed E-state index contributed by atoms with van der Waals surface area (Å²) in [6.07, 6.45) is 2.70. The maximum atomic E-state index is 12.3. The van der Waals surface area contributed by atoms with Crippen LogP contribution >= 0.6 is 0 Å². The number of carbonyl (C=O) groups is 1. The van der Waals surface area contributed by atoms with Crippen LogP contribution in [0, 0.1) is 12.8 Å². The molecule has 2 unspecified atom stereocenters. The second-order valence-electron chi connectivity index (χ2n) is 7.83. The first-order valence-electron chi connectivity index (χ1n) is 10.4. The van der Waals surface area contributed by atoms with Gasteiger partial charge in [0.25, 0.3) is 0 Å². The zero-order valence-corrected chi connectivity index (χ0v) is 18.4. The van der Waals surface area contributed by atoms with Crippen LogP contribution in [0.4, 0.5) is 10.7 Å². The normalized spacial score (nSPS) is 12.9. The molecule has 32 heavy (non-hydrogen) atoms. The standard InChI is InChI=1S/C23H29N5O4/c1-14(2)18(12-29)26-22-25-10-15(3)21(28-22)17-9-20(24-11-17)32-23(31)27-19(13-30)16-7-5-4-6-8-16/h4-11,14,18-19,24,29-30H,12-13H2,1-3H3,(H,27,31)(H,25,26,28). The maximum absolute atomic E-state index is 12.3. The van der Waals surface area contributed by atoms with Crippen LogP contribution in [0.1, 0.15) is 31.0 Å². The summed E-state index contributed by atoms with van der Waals surface area (Å²) < 4.78 is 5.35. The number of anilines is 1.